The van der Waals surface area contributed by atoms with Crippen LogP contribution in [-0.2, 0) is 0 Å². The zero-order valence-electron chi connectivity index (χ0n) is 9.94. The first-order valence-electron chi connectivity index (χ1n) is 5.58. The van der Waals surface area contributed by atoms with E-state index >= 15 is 0 Å². The van der Waals surface area contributed by atoms with Gasteiger partial charge in [-0.3, -0.25) is 0 Å². The van der Waals surface area contributed by atoms with Gasteiger partial charge in [0.25, 0.3) is 0 Å². The summed E-state index contributed by atoms with van der Waals surface area (Å²) in [5.41, 5.74) is -0.360. The van der Waals surface area contributed by atoms with Crippen LogP contribution in [0.5, 0.6) is 0 Å². The van der Waals surface area contributed by atoms with Crippen LogP contribution in [0.1, 0.15) is 20.8 Å². The van der Waals surface area contributed by atoms with Crippen molar-refractivity contribution in [1.29, 1.82) is 0 Å². The molecular formula is C11H23NO2S. The van der Waals surface area contributed by atoms with E-state index in [9.17, 15) is 10.2 Å². The molecule has 2 unspecified atom stereocenters. The van der Waals surface area contributed by atoms with E-state index < -0.39 is 0 Å². The first kappa shape index (κ1) is 13.3. The van der Waals surface area contributed by atoms with E-state index in [0.29, 0.717) is 10.5 Å². The molecule has 1 rings (SSSR count). The molecule has 0 aromatic heterocycles. The van der Waals surface area contributed by atoms with Crippen LogP contribution in [0, 0.1) is 5.41 Å². The molecule has 1 saturated heterocycles. The molecule has 1 heterocycles. The molecule has 1 aliphatic heterocycles. The van der Waals surface area contributed by atoms with Gasteiger partial charge in [0.15, 0.2) is 0 Å². The molecule has 3 nitrogen and oxygen atoms in total. The quantitative estimate of drug-likeness (QED) is 0.754. The van der Waals surface area contributed by atoms with Crippen LogP contribution in [0.25, 0.3) is 0 Å². The van der Waals surface area contributed by atoms with Gasteiger partial charge in [-0.05, 0) is 0 Å². The van der Waals surface area contributed by atoms with Crippen LogP contribution >= 0.6 is 11.8 Å². The van der Waals surface area contributed by atoms with Crippen molar-refractivity contribution in [3.8, 4) is 0 Å². The van der Waals surface area contributed by atoms with Crippen molar-refractivity contribution < 1.29 is 10.2 Å². The molecule has 0 bridgehead atoms. The lowest BCUT2D eigenvalue weighted by Gasteiger charge is -2.39. The van der Waals surface area contributed by atoms with Crippen molar-refractivity contribution in [2.45, 2.75) is 31.3 Å². The summed E-state index contributed by atoms with van der Waals surface area (Å²) in [5, 5.41) is 19.8. The van der Waals surface area contributed by atoms with Gasteiger partial charge in [0.05, 0.1) is 13.2 Å². The first-order valence-corrected chi connectivity index (χ1v) is 6.53. The number of hydrogen-bond donors (Lipinski definition) is 2. The normalized spacial score (nSPS) is 29.4. The number of nitrogens with zero attached hydrogens (tertiary/aromatic N) is 1. The molecule has 0 radical (unpaired) electrons. The molecule has 0 saturated carbocycles. The van der Waals surface area contributed by atoms with Crippen LogP contribution in [0.3, 0.4) is 0 Å². The lowest BCUT2D eigenvalue weighted by Crippen LogP contribution is -2.47. The average Bonchev–Trinajstić information content (AvgIpc) is 2.16. The molecule has 0 spiro atoms. The van der Waals surface area contributed by atoms with Gasteiger partial charge in [-0.1, -0.05) is 20.8 Å². The second-order valence-electron chi connectivity index (χ2n) is 5.08. The van der Waals surface area contributed by atoms with Gasteiger partial charge in [-0.25, -0.2) is 0 Å². The average molecular weight is 233 g/mol. The lowest BCUT2D eigenvalue weighted by molar-refractivity contribution is 0.0347. The van der Waals surface area contributed by atoms with Crippen LogP contribution in [-0.4, -0.2) is 58.5 Å². The molecule has 2 atom stereocenters. The number of aliphatic hydroxyl groups is 2. The van der Waals surface area contributed by atoms with Gasteiger partial charge < -0.3 is 15.1 Å². The minimum absolute atomic E-state index is 0.0515. The fourth-order valence-corrected chi connectivity index (χ4v) is 3.49. The van der Waals surface area contributed by atoms with Crippen molar-refractivity contribution in [1.82, 2.24) is 4.90 Å². The molecule has 1 aliphatic rings. The second kappa shape index (κ2) is 5.53. The maximum absolute atomic E-state index is 9.26. The van der Waals surface area contributed by atoms with Crippen molar-refractivity contribution in [3.63, 3.8) is 0 Å². The fraction of sp³-hybridized carbons (Fsp3) is 1.00. The highest BCUT2D eigenvalue weighted by molar-refractivity contribution is 8.00. The summed E-state index contributed by atoms with van der Waals surface area (Å²) >= 11 is 2.02. The highest BCUT2D eigenvalue weighted by Gasteiger charge is 2.29. The standard InChI is InChI=1S/C11H23NO2S/c1-9-4-12(5-10(2)15-9)6-11(3,7-13)8-14/h9-10,13-14H,4-8H2,1-3H3. The highest BCUT2D eigenvalue weighted by atomic mass is 32.2. The van der Waals surface area contributed by atoms with E-state index in [1.54, 1.807) is 0 Å². The summed E-state index contributed by atoms with van der Waals surface area (Å²) in [6.07, 6.45) is 0. The minimum atomic E-state index is -0.360. The summed E-state index contributed by atoms with van der Waals surface area (Å²) in [5.74, 6) is 0. The predicted octanol–water partition coefficient (Wildman–Crippen LogP) is 0.803. The third-order valence-electron chi connectivity index (χ3n) is 2.86. The third-order valence-corrected chi connectivity index (χ3v) is 4.09. The van der Waals surface area contributed by atoms with E-state index in [0.717, 1.165) is 19.6 Å². The molecule has 0 aliphatic carbocycles. The van der Waals surface area contributed by atoms with Gasteiger partial charge in [-0.15, -0.1) is 0 Å². The largest absolute Gasteiger partial charge is 0.396 e. The van der Waals surface area contributed by atoms with Gasteiger partial charge in [0.2, 0.25) is 0 Å². The Labute approximate surface area is 96.9 Å². The van der Waals surface area contributed by atoms with Gasteiger partial charge >= 0.3 is 0 Å². The highest BCUT2D eigenvalue weighted by Crippen LogP contribution is 2.27. The van der Waals surface area contributed by atoms with Crippen molar-refractivity contribution in [3.05, 3.63) is 0 Å². The van der Waals surface area contributed by atoms with Crippen molar-refractivity contribution in [2.75, 3.05) is 32.8 Å². The molecule has 2 N–H and O–H groups in total. The summed E-state index contributed by atoms with van der Waals surface area (Å²) in [6, 6.07) is 0. The van der Waals surface area contributed by atoms with Crippen LogP contribution in [0.15, 0.2) is 0 Å². The van der Waals surface area contributed by atoms with E-state index in [-0.39, 0.29) is 18.6 Å². The summed E-state index contributed by atoms with van der Waals surface area (Å²) in [6.45, 7) is 9.42. The maximum Gasteiger partial charge on any atom is 0.0519 e. The zero-order chi connectivity index (χ0) is 11.5. The Morgan fingerprint density at radius 2 is 1.67 bits per heavy atom. The molecule has 1 fully saturated rings. The Bertz CT molecular complexity index is 187. The monoisotopic (exact) mass is 233 g/mol. The van der Waals surface area contributed by atoms with Crippen LogP contribution in [0.4, 0.5) is 0 Å². The zero-order valence-corrected chi connectivity index (χ0v) is 10.8. The first-order chi connectivity index (χ1) is 6.99. The van der Waals surface area contributed by atoms with E-state index in [2.05, 4.69) is 18.7 Å². The third kappa shape index (κ3) is 3.94. The van der Waals surface area contributed by atoms with E-state index in [1.807, 2.05) is 18.7 Å². The van der Waals surface area contributed by atoms with Gasteiger partial charge in [0.1, 0.15) is 0 Å². The Morgan fingerprint density at radius 1 is 1.20 bits per heavy atom. The van der Waals surface area contributed by atoms with Crippen molar-refractivity contribution >= 4 is 11.8 Å². The SMILES string of the molecule is CC1CN(CC(C)(CO)CO)CC(C)S1. The maximum atomic E-state index is 9.26. The predicted molar refractivity (Wildman–Crippen MR) is 65.2 cm³/mol. The summed E-state index contributed by atoms with van der Waals surface area (Å²) in [7, 11) is 0. The van der Waals surface area contributed by atoms with Gasteiger partial charge in [0, 0.05) is 35.5 Å². The van der Waals surface area contributed by atoms with Crippen LogP contribution in [0.2, 0.25) is 0 Å². The smallest absolute Gasteiger partial charge is 0.0519 e. The Kier molecular flexibility index (Phi) is 4.90. The molecule has 15 heavy (non-hydrogen) atoms. The minimum Gasteiger partial charge on any atom is -0.396 e. The summed E-state index contributed by atoms with van der Waals surface area (Å²) in [4.78, 5) is 2.36. The number of rotatable bonds is 4. The number of hydrogen-bond acceptors (Lipinski definition) is 4. The molecule has 90 valence electrons. The molecule has 0 aromatic rings. The number of aliphatic hydroxyl groups excluding tert-OH is 2. The van der Waals surface area contributed by atoms with Crippen LogP contribution < -0.4 is 0 Å². The molecular weight excluding hydrogens is 210 g/mol. The number of thioether (sulfide) groups is 1. The van der Waals surface area contributed by atoms with E-state index in [1.165, 1.54) is 0 Å². The second-order valence-corrected chi connectivity index (χ2v) is 6.96. The summed E-state index contributed by atoms with van der Waals surface area (Å²) < 4.78 is 0. The topological polar surface area (TPSA) is 43.7 Å². The Balaban J connectivity index is 2.49. The van der Waals surface area contributed by atoms with E-state index in [4.69, 9.17) is 0 Å². The van der Waals surface area contributed by atoms with Crippen molar-refractivity contribution in [2.24, 2.45) is 5.41 Å². The fourth-order valence-electron chi connectivity index (χ4n) is 2.10. The molecule has 4 heteroatoms. The van der Waals surface area contributed by atoms with Gasteiger partial charge in [-0.2, -0.15) is 11.8 Å². The Hall–Kier alpha value is 0.230. The molecule has 0 amide bonds. The molecule has 0 aromatic carbocycles. The Morgan fingerprint density at radius 3 is 2.07 bits per heavy atom. The lowest BCUT2D eigenvalue weighted by atomic mass is 9.92.